The first-order valence-corrected chi connectivity index (χ1v) is 5.92. The van der Waals surface area contributed by atoms with Crippen LogP contribution >= 0.6 is 15.9 Å². The van der Waals surface area contributed by atoms with Crippen molar-refractivity contribution in [2.45, 2.75) is 19.5 Å². The van der Waals surface area contributed by atoms with E-state index in [-0.39, 0.29) is 6.04 Å². The fourth-order valence-corrected chi connectivity index (χ4v) is 1.79. The molecule has 2 aromatic heterocycles. The minimum Gasteiger partial charge on any atom is -0.453 e. The molecule has 2 heterocycles. The third-order valence-corrected chi connectivity index (χ3v) is 2.82. The van der Waals surface area contributed by atoms with E-state index in [0.717, 1.165) is 10.4 Å². The predicted molar refractivity (Wildman–Crippen MR) is 65.9 cm³/mol. The van der Waals surface area contributed by atoms with Crippen LogP contribution in [0.4, 0.5) is 0 Å². The SMILES string of the molecule is C[C@@H](NCc1ccc(Br)o1)c1cccnc1. The number of furan rings is 1. The summed E-state index contributed by atoms with van der Waals surface area (Å²) >= 11 is 3.28. The number of aromatic nitrogens is 1. The van der Waals surface area contributed by atoms with Crippen LogP contribution in [0.15, 0.2) is 45.7 Å². The fraction of sp³-hybridized carbons (Fsp3) is 0.250. The molecule has 0 radical (unpaired) electrons. The van der Waals surface area contributed by atoms with Crippen molar-refractivity contribution < 1.29 is 4.42 Å². The lowest BCUT2D eigenvalue weighted by Crippen LogP contribution is -2.17. The van der Waals surface area contributed by atoms with Crippen LogP contribution in [0.2, 0.25) is 0 Å². The number of pyridine rings is 1. The molecule has 0 saturated carbocycles. The van der Waals surface area contributed by atoms with Gasteiger partial charge in [-0.2, -0.15) is 0 Å². The average Bonchev–Trinajstić information content (AvgIpc) is 2.73. The standard InChI is InChI=1S/C12H13BrN2O/c1-9(10-3-2-6-14-7-10)15-8-11-4-5-12(13)16-11/h2-7,9,15H,8H2,1H3/t9-/m1/s1. The quantitative estimate of drug-likeness (QED) is 0.934. The topological polar surface area (TPSA) is 38.1 Å². The molecule has 1 N–H and O–H groups in total. The van der Waals surface area contributed by atoms with Crippen molar-refractivity contribution in [3.63, 3.8) is 0 Å². The second-order valence-corrected chi connectivity index (χ2v) is 4.38. The summed E-state index contributed by atoms with van der Waals surface area (Å²) in [5, 5.41) is 3.37. The summed E-state index contributed by atoms with van der Waals surface area (Å²) in [5.41, 5.74) is 1.17. The predicted octanol–water partition coefficient (Wildman–Crippen LogP) is 3.29. The zero-order valence-corrected chi connectivity index (χ0v) is 10.6. The molecule has 2 rings (SSSR count). The Morgan fingerprint density at radius 1 is 1.44 bits per heavy atom. The maximum atomic E-state index is 5.41. The lowest BCUT2D eigenvalue weighted by atomic mass is 10.1. The number of halogens is 1. The van der Waals surface area contributed by atoms with E-state index in [2.05, 4.69) is 39.2 Å². The summed E-state index contributed by atoms with van der Waals surface area (Å²) < 4.78 is 6.17. The summed E-state index contributed by atoms with van der Waals surface area (Å²) in [6.45, 7) is 2.82. The minimum absolute atomic E-state index is 0.262. The van der Waals surface area contributed by atoms with Crippen LogP contribution in [0.3, 0.4) is 0 Å². The van der Waals surface area contributed by atoms with Crippen LogP contribution in [0.5, 0.6) is 0 Å². The number of nitrogens with one attached hydrogen (secondary N) is 1. The van der Waals surface area contributed by atoms with Crippen molar-refractivity contribution in [2.24, 2.45) is 0 Å². The smallest absolute Gasteiger partial charge is 0.169 e. The largest absolute Gasteiger partial charge is 0.453 e. The molecule has 0 aliphatic rings. The zero-order valence-electron chi connectivity index (χ0n) is 8.98. The monoisotopic (exact) mass is 280 g/mol. The highest BCUT2D eigenvalue weighted by atomic mass is 79.9. The Labute approximate surface area is 103 Å². The summed E-state index contributed by atoms with van der Waals surface area (Å²) in [6, 6.07) is 8.11. The molecule has 0 spiro atoms. The Hall–Kier alpha value is -1.13. The molecule has 84 valence electrons. The molecule has 0 fully saturated rings. The summed E-state index contributed by atoms with van der Waals surface area (Å²) in [4.78, 5) is 4.09. The molecule has 0 aromatic carbocycles. The molecular formula is C12H13BrN2O. The van der Waals surface area contributed by atoms with E-state index in [0.29, 0.717) is 6.54 Å². The van der Waals surface area contributed by atoms with Gasteiger partial charge >= 0.3 is 0 Å². The molecule has 4 heteroatoms. The molecule has 0 saturated heterocycles. The lowest BCUT2D eigenvalue weighted by Gasteiger charge is -2.12. The van der Waals surface area contributed by atoms with E-state index in [1.54, 1.807) is 6.20 Å². The number of nitrogens with zero attached hydrogens (tertiary/aromatic N) is 1. The van der Waals surface area contributed by atoms with Crippen molar-refractivity contribution in [3.8, 4) is 0 Å². The molecule has 0 aliphatic carbocycles. The van der Waals surface area contributed by atoms with E-state index in [1.165, 1.54) is 5.56 Å². The van der Waals surface area contributed by atoms with Gasteiger partial charge in [0.25, 0.3) is 0 Å². The van der Waals surface area contributed by atoms with Crippen molar-refractivity contribution in [1.29, 1.82) is 0 Å². The van der Waals surface area contributed by atoms with Crippen molar-refractivity contribution in [2.75, 3.05) is 0 Å². The highest BCUT2D eigenvalue weighted by Gasteiger charge is 2.05. The normalized spacial score (nSPS) is 12.6. The van der Waals surface area contributed by atoms with E-state index < -0.39 is 0 Å². The van der Waals surface area contributed by atoms with Crippen LogP contribution in [0, 0.1) is 0 Å². The molecule has 16 heavy (non-hydrogen) atoms. The molecule has 3 nitrogen and oxygen atoms in total. The first-order chi connectivity index (χ1) is 7.75. The first-order valence-electron chi connectivity index (χ1n) is 5.13. The summed E-state index contributed by atoms with van der Waals surface area (Å²) in [6.07, 6.45) is 3.65. The van der Waals surface area contributed by atoms with Gasteiger partial charge in [0.2, 0.25) is 0 Å². The molecule has 2 aromatic rings. The highest BCUT2D eigenvalue weighted by molar-refractivity contribution is 9.10. The van der Waals surface area contributed by atoms with Gasteiger partial charge in [0.05, 0.1) is 6.54 Å². The van der Waals surface area contributed by atoms with Crippen molar-refractivity contribution >= 4 is 15.9 Å². The Morgan fingerprint density at radius 3 is 2.94 bits per heavy atom. The molecular weight excluding hydrogens is 268 g/mol. The molecule has 0 bridgehead atoms. The Morgan fingerprint density at radius 2 is 2.31 bits per heavy atom. The maximum absolute atomic E-state index is 5.41. The van der Waals surface area contributed by atoms with E-state index in [4.69, 9.17) is 4.42 Å². The Kier molecular flexibility index (Phi) is 3.74. The number of hydrogen-bond donors (Lipinski definition) is 1. The number of hydrogen-bond acceptors (Lipinski definition) is 3. The van der Waals surface area contributed by atoms with Gasteiger partial charge in [0, 0.05) is 18.4 Å². The first kappa shape index (κ1) is 11.4. The van der Waals surface area contributed by atoms with E-state index in [9.17, 15) is 0 Å². The average molecular weight is 281 g/mol. The van der Waals surface area contributed by atoms with Gasteiger partial charge < -0.3 is 9.73 Å². The van der Waals surface area contributed by atoms with Gasteiger partial charge in [-0.25, -0.2) is 0 Å². The van der Waals surface area contributed by atoms with Gasteiger partial charge in [0.1, 0.15) is 5.76 Å². The number of rotatable bonds is 4. The zero-order chi connectivity index (χ0) is 11.4. The minimum atomic E-state index is 0.262. The van der Waals surface area contributed by atoms with Gasteiger partial charge in [-0.05, 0) is 46.6 Å². The Balaban J connectivity index is 1.91. The van der Waals surface area contributed by atoms with E-state index in [1.807, 2.05) is 24.4 Å². The second-order valence-electron chi connectivity index (χ2n) is 3.59. The van der Waals surface area contributed by atoms with Gasteiger partial charge in [-0.1, -0.05) is 6.07 Å². The van der Waals surface area contributed by atoms with Gasteiger partial charge in [-0.15, -0.1) is 0 Å². The fourth-order valence-electron chi connectivity index (χ4n) is 1.45. The van der Waals surface area contributed by atoms with Gasteiger partial charge in [-0.3, -0.25) is 4.98 Å². The summed E-state index contributed by atoms with van der Waals surface area (Å²) in [5.74, 6) is 0.919. The van der Waals surface area contributed by atoms with Crippen LogP contribution in [-0.4, -0.2) is 4.98 Å². The third-order valence-electron chi connectivity index (χ3n) is 2.40. The van der Waals surface area contributed by atoms with Gasteiger partial charge in [0.15, 0.2) is 4.67 Å². The summed E-state index contributed by atoms with van der Waals surface area (Å²) in [7, 11) is 0. The molecule has 0 amide bonds. The second kappa shape index (κ2) is 5.27. The highest BCUT2D eigenvalue weighted by Crippen LogP contribution is 2.15. The van der Waals surface area contributed by atoms with Crippen LogP contribution < -0.4 is 5.32 Å². The van der Waals surface area contributed by atoms with Crippen molar-refractivity contribution in [1.82, 2.24) is 10.3 Å². The van der Waals surface area contributed by atoms with Crippen LogP contribution in [0.25, 0.3) is 0 Å². The van der Waals surface area contributed by atoms with E-state index >= 15 is 0 Å². The third kappa shape index (κ3) is 2.93. The van der Waals surface area contributed by atoms with Crippen LogP contribution in [0.1, 0.15) is 24.3 Å². The maximum Gasteiger partial charge on any atom is 0.169 e. The van der Waals surface area contributed by atoms with Crippen molar-refractivity contribution in [3.05, 3.63) is 52.7 Å². The van der Waals surface area contributed by atoms with Crippen LogP contribution in [-0.2, 0) is 6.54 Å². The molecule has 0 aliphatic heterocycles. The molecule has 1 atom stereocenters. The molecule has 0 unspecified atom stereocenters. The lowest BCUT2D eigenvalue weighted by molar-refractivity contribution is 0.446. The Bertz CT molecular complexity index is 441.